The number of hydrogen-bond donors (Lipinski definition) is 2. The van der Waals surface area contributed by atoms with Crippen molar-refractivity contribution in [2.45, 2.75) is 40.5 Å². The molecular formula is C23H27N3O2S. The molecule has 2 N–H and O–H groups in total. The number of amides is 1. The Bertz CT molecular complexity index is 932. The number of ether oxygens (including phenoxy) is 1. The predicted octanol–water partition coefficient (Wildman–Crippen LogP) is 4.87. The lowest BCUT2D eigenvalue weighted by atomic mass is 9.87. The van der Waals surface area contributed by atoms with Gasteiger partial charge in [-0.2, -0.15) is 5.26 Å². The van der Waals surface area contributed by atoms with Gasteiger partial charge in [-0.15, -0.1) is 0 Å². The lowest BCUT2D eigenvalue weighted by Crippen LogP contribution is -2.42. The molecule has 6 heteroatoms. The SMILES string of the molecule is Cc1ccc(C)c(OCCCC(C)(C)C(=O)NC(=S)Nc2ccccc2C#N)c1. The van der Waals surface area contributed by atoms with E-state index in [-0.39, 0.29) is 11.0 Å². The zero-order valence-electron chi connectivity index (χ0n) is 17.3. The van der Waals surface area contributed by atoms with Crippen molar-refractivity contribution in [2.75, 3.05) is 11.9 Å². The van der Waals surface area contributed by atoms with Gasteiger partial charge in [0.25, 0.3) is 0 Å². The van der Waals surface area contributed by atoms with Crippen molar-refractivity contribution in [1.29, 1.82) is 5.26 Å². The maximum atomic E-state index is 12.6. The van der Waals surface area contributed by atoms with E-state index < -0.39 is 5.41 Å². The standard InChI is InChI=1S/C23H27N3O2S/c1-16-10-11-17(2)20(14-16)28-13-7-12-23(3,4)21(27)26-22(29)25-19-9-6-5-8-18(19)15-24/h5-6,8-11,14H,7,12-13H2,1-4H3,(H2,25,26,27,29). The van der Waals surface area contributed by atoms with Gasteiger partial charge in [-0.3, -0.25) is 4.79 Å². The highest BCUT2D eigenvalue weighted by Gasteiger charge is 2.28. The van der Waals surface area contributed by atoms with Crippen LogP contribution in [0.25, 0.3) is 0 Å². The molecule has 0 bridgehead atoms. The monoisotopic (exact) mass is 409 g/mol. The number of aryl methyl sites for hydroxylation is 2. The van der Waals surface area contributed by atoms with Crippen LogP contribution in [0.5, 0.6) is 5.75 Å². The molecule has 0 saturated heterocycles. The first-order valence-electron chi connectivity index (χ1n) is 9.54. The maximum Gasteiger partial charge on any atom is 0.231 e. The summed E-state index contributed by atoms with van der Waals surface area (Å²) >= 11 is 5.24. The van der Waals surface area contributed by atoms with Gasteiger partial charge in [0.2, 0.25) is 5.91 Å². The number of nitrogens with one attached hydrogen (secondary N) is 2. The number of thiocarbonyl (C=S) groups is 1. The molecule has 0 radical (unpaired) electrons. The van der Waals surface area contributed by atoms with Gasteiger partial charge in [0.1, 0.15) is 11.8 Å². The smallest absolute Gasteiger partial charge is 0.231 e. The Balaban J connectivity index is 1.83. The number of nitrogens with zero attached hydrogens (tertiary/aromatic N) is 1. The van der Waals surface area contributed by atoms with Crippen molar-refractivity contribution in [3.8, 4) is 11.8 Å². The molecular weight excluding hydrogens is 382 g/mol. The van der Waals surface area contributed by atoms with Crippen LogP contribution in [-0.4, -0.2) is 17.6 Å². The van der Waals surface area contributed by atoms with Gasteiger partial charge in [0.05, 0.1) is 17.9 Å². The second kappa shape index (κ2) is 10.0. The Morgan fingerprint density at radius 3 is 2.66 bits per heavy atom. The van der Waals surface area contributed by atoms with Gasteiger partial charge in [-0.25, -0.2) is 0 Å². The summed E-state index contributed by atoms with van der Waals surface area (Å²) in [7, 11) is 0. The van der Waals surface area contributed by atoms with Crippen LogP contribution in [0.4, 0.5) is 5.69 Å². The fraction of sp³-hybridized carbons (Fsp3) is 0.348. The summed E-state index contributed by atoms with van der Waals surface area (Å²) < 4.78 is 5.88. The molecule has 0 fully saturated rings. The van der Waals surface area contributed by atoms with Crippen molar-refractivity contribution >= 4 is 28.9 Å². The third kappa shape index (κ3) is 6.58. The summed E-state index contributed by atoms with van der Waals surface area (Å²) in [4.78, 5) is 12.6. The second-order valence-corrected chi connectivity index (χ2v) is 8.08. The molecule has 2 aromatic carbocycles. The number of rotatable bonds is 7. The summed E-state index contributed by atoms with van der Waals surface area (Å²) in [5, 5.41) is 15.0. The third-order valence-electron chi connectivity index (χ3n) is 4.68. The quantitative estimate of drug-likeness (QED) is 0.504. The summed E-state index contributed by atoms with van der Waals surface area (Å²) in [6, 6.07) is 15.2. The van der Waals surface area contributed by atoms with Crippen LogP contribution in [-0.2, 0) is 4.79 Å². The lowest BCUT2D eigenvalue weighted by Gasteiger charge is -2.24. The highest BCUT2D eigenvalue weighted by molar-refractivity contribution is 7.80. The van der Waals surface area contributed by atoms with E-state index in [1.54, 1.807) is 24.3 Å². The van der Waals surface area contributed by atoms with Crippen LogP contribution >= 0.6 is 12.2 Å². The molecule has 2 aromatic rings. The molecule has 0 spiro atoms. The first-order chi connectivity index (χ1) is 13.7. The number of carbonyl (C=O) groups is 1. The molecule has 2 rings (SSSR count). The zero-order chi connectivity index (χ0) is 21.4. The normalized spacial score (nSPS) is 10.7. The largest absolute Gasteiger partial charge is 0.493 e. The van der Waals surface area contributed by atoms with Crippen molar-refractivity contribution in [3.05, 3.63) is 59.2 Å². The summed E-state index contributed by atoms with van der Waals surface area (Å²) in [6.07, 6.45) is 1.40. The van der Waals surface area contributed by atoms with Crippen LogP contribution < -0.4 is 15.4 Å². The first kappa shape index (κ1) is 22.4. The summed E-state index contributed by atoms with van der Waals surface area (Å²) in [6.45, 7) is 8.35. The van der Waals surface area contributed by atoms with Crippen molar-refractivity contribution < 1.29 is 9.53 Å². The molecule has 152 valence electrons. The molecule has 0 aliphatic rings. The van der Waals surface area contributed by atoms with E-state index in [0.29, 0.717) is 24.3 Å². The van der Waals surface area contributed by atoms with E-state index in [4.69, 9.17) is 22.2 Å². The van der Waals surface area contributed by atoms with E-state index in [2.05, 4.69) is 22.8 Å². The maximum absolute atomic E-state index is 12.6. The third-order valence-corrected chi connectivity index (χ3v) is 4.89. The minimum Gasteiger partial charge on any atom is -0.493 e. The fourth-order valence-electron chi connectivity index (χ4n) is 2.79. The van der Waals surface area contributed by atoms with Gasteiger partial charge >= 0.3 is 0 Å². The van der Waals surface area contributed by atoms with Gasteiger partial charge in [0, 0.05) is 5.41 Å². The Kier molecular flexibility index (Phi) is 7.74. The van der Waals surface area contributed by atoms with Gasteiger partial charge in [0.15, 0.2) is 5.11 Å². The first-order valence-corrected chi connectivity index (χ1v) is 9.95. The molecule has 0 unspecified atom stereocenters. The van der Waals surface area contributed by atoms with Crippen LogP contribution in [0, 0.1) is 30.6 Å². The number of para-hydroxylation sites is 1. The minimum absolute atomic E-state index is 0.170. The van der Waals surface area contributed by atoms with Gasteiger partial charge in [-0.05, 0) is 68.2 Å². The number of benzene rings is 2. The van der Waals surface area contributed by atoms with E-state index in [1.165, 1.54) is 0 Å². The summed E-state index contributed by atoms with van der Waals surface area (Å²) in [5.41, 5.74) is 2.68. The van der Waals surface area contributed by atoms with Crippen LogP contribution in [0.1, 0.15) is 43.4 Å². The highest BCUT2D eigenvalue weighted by atomic mass is 32.1. The Labute approximate surface area is 178 Å². The van der Waals surface area contributed by atoms with Crippen molar-refractivity contribution in [1.82, 2.24) is 5.32 Å². The number of anilines is 1. The Morgan fingerprint density at radius 1 is 1.21 bits per heavy atom. The number of nitriles is 1. The molecule has 0 heterocycles. The van der Waals surface area contributed by atoms with Crippen LogP contribution in [0.3, 0.4) is 0 Å². The molecule has 1 amide bonds. The molecule has 0 aliphatic carbocycles. The topological polar surface area (TPSA) is 74.2 Å². The molecule has 0 aromatic heterocycles. The van der Waals surface area contributed by atoms with E-state index >= 15 is 0 Å². The fourth-order valence-corrected chi connectivity index (χ4v) is 2.99. The molecule has 29 heavy (non-hydrogen) atoms. The average molecular weight is 410 g/mol. The Hall–Kier alpha value is -2.91. The highest BCUT2D eigenvalue weighted by Crippen LogP contribution is 2.24. The van der Waals surface area contributed by atoms with E-state index in [9.17, 15) is 4.79 Å². The second-order valence-electron chi connectivity index (χ2n) is 7.67. The van der Waals surface area contributed by atoms with E-state index in [1.807, 2.05) is 39.8 Å². The average Bonchev–Trinajstić information content (AvgIpc) is 2.68. The van der Waals surface area contributed by atoms with Crippen LogP contribution in [0.15, 0.2) is 42.5 Å². The van der Waals surface area contributed by atoms with Crippen molar-refractivity contribution in [2.24, 2.45) is 5.41 Å². The van der Waals surface area contributed by atoms with E-state index in [0.717, 1.165) is 23.3 Å². The Morgan fingerprint density at radius 2 is 1.93 bits per heavy atom. The number of hydrogen-bond acceptors (Lipinski definition) is 4. The molecule has 0 atom stereocenters. The molecule has 0 saturated carbocycles. The van der Waals surface area contributed by atoms with Gasteiger partial charge in [-0.1, -0.05) is 38.1 Å². The molecule has 5 nitrogen and oxygen atoms in total. The van der Waals surface area contributed by atoms with Crippen molar-refractivity contribution in [3.63, 3.8) is 0 Å². The number of carbonyl (C=O) groups excluding carboxylic acids is 1. The minimum atomic E-state index is -0.606. The predicted molar refractivity (Wildman–Crippen MR) is 120 cm³/mol. The van der Waals surface area contributed by atoms with Gasteiger partial charge < -0.3 is 15.4 Å². The molecule has 0 aliphatic heterocycles. The summed E-state index contributed by atoms with van der Waals surface area (Å²) in [5.74, 6) is 0.713. The lowest BCUT2D eigenvalue weighted by molar-refractivity contribution is -0.128. The zero-order valence-corrected chi connectivity index (χ0v) is 18.2. The van der Waals surface area contributed by atoms with Crippen LogP contribution in [0.2, 0.25) is 0 Å².